The second-order valence-corrected chi connectivity index (χ2v) is 7.11. The van der Waals surface area contributed by atoms with E-state index in [1.54, 1.807) is 32.2 Å². The standard InChI is InChI=1S/C15H14BrNO4S2/c1-3-20-13(18)8-21-11-5-4-10(16)6-9(11)7-12-14(19)17(2)15(22)23-12/h4-7H,3,8H2,1-2H3. The van der Waals surface area contributed by atoms with Gasteiger partial charge in [0.2, 0.25) is 0 Å². The normalized spacial score (nSPS) is 16.1. The molecule has 0 bridgehead atoms. The highest BCUT2D eigenvalue weighted by Crippen LogP contribution is 2.34. The van der Waals surface area contributed by atoms with Gasteiger partial charge in [-0.1, -0.05) is 39.9 Å². The number of thiocarbonyl (C=S) groups is 1. The highest BCUT2D eigenvalue weighted by atomic mass is 79.9. The monoisotopic (exact) mass is 415 g/mol. The molecule has 0 unspecified atom stereocenters. The molecule has 0 spiro atoms. The molecule has 8 heteroatoms. The van der Waals surface area contributed by atoms with Crippen LogP contribution in [0.5, 0.6) is 5.75 Å². The molecule has 1 aromatic rings. The van der Waals surface area contributed by atoms with E-state index in [2.05, 4.69) is 15.9 Å². The SMILES string of the molecule is CCOC(=O)COc1ccc(Br)cc1C=C1SC(=S)N(C)C1=O. The molecular weight excluding hydrogens is 402 g/mol. The second kappa shape index (κ2) is 7.94. The number of likely N-dealkylation sites (N-methyl/N-ethyl adjacent to an activating group) is 1. The predicted octanol–water partition coefficient (Wildman–Crippen LogP) is 3.22. The summed E-state index contributed by atoms with van der Waals surface area (Å²) >= 11 is 9.73. The average Bonchev–Trinajstić information content (AvgIpc) is 2.74. The zero-order chi connectivity index (χ0) is 17.0. The van der Waals surface area contributed by atoms with Crippen molar-refractivity contribution in [2.24, 2.45) is 0 Å². The number of benzene rings is 1. The zero-order valence-corrected chi connectivity index (χ0v) is 15.7. The van der Waals surface area contributed by atoms with Crippen LogP contribution in [0.4, 0.5) is 0 Å². The molecule has 1 aliphatic rings. The number of hydrogen-bond acceptors (Lipinski definition) is 6. The number of ether oxygens (including phenoxy) is 2. The van der Waals surface area contributed by atoms with Crippen LogP contribution in [0.15, 0.2) is 27.6 Å². The summed E-state index contributed by atoms with van der Waals surface area (Å²) in [6, 6.07) is 5.33. The number of esters is 1. The van der Waals surface area contributed by atoms with Gasteiger partial charge in [-0.05, 0) is 31.2 Å². The molecular formula is C15H14BrNO4S2. The summed E-state index contributed by atoms with van der Waals surface area (Å²) in [5, 5.41) is 0. The van der Waals surface area contributed by atoms with Gasteiger partial charge in [0.15, 0.2) is 6.61 Å². The van der Waals surface area contributed by atoms with Gasteiger partial charge in [0.25, 0.3) is 5.91 Å². The van der Waals surface area contributed by atoms with Gasteiger partial charge in [0.1, 0.15) is 10.1 Å². The van der Waals surface area contributed by atoms with E-state index in [1.807, 2.05) is 6.07 Å². The molecule has 1 heterocycles. The van der Waals surface area contributed by atoms with Crippen molar-refractivity contribution in [3.05, 3.63) is 33.1 Å². The third-order valence-electron chi connectivity index (χ3n) is 2.90. The lowest BCUT2D eigenvalue weighted by Gasteiger charge is -2.10. The van der Waals surface area contributed by atoms with Crippen molar-refractivity contribution in [3.63, 3.8) is 0 Å². The van der Waals surface area contributed by atoms with E-state index in [0.29, 0.717) is 27.1 Å². The fourth-order valence-electron chi connectivity index (χ4n) is 1.79. The predicted molar refractivity (Wildman–Crippen MR) is 97.2 cm³/mol. The molecule has 0 aliphatic carbocycles. The molecule has 0 aromatic heterocycles. The summed E-state index contributed by atoms with van der Waals surface area (Å²) in [4.78, 5) is 25.4. The van der Waals surface area contributed by atoms with Gasteiger partial charge >= 0.3 is 5.97 Å². The molecule has 1 saturated heterocycles. The van der Waals surface area contributed by atoms with Gasteiger partial charge in [-0.25, -0.2) is 4.79 Å². The van der Waals surface area contributed by atoms with Crippen LogP contribution in [0, 0.1) is 0 Å². The van der Waals surface area contributed by atoms with Crippen LogP contribution >= 0.6 is 39.9 Å². The van der Waals surface area contributed by atoms with Crippen molar-refractivity contribution in [2.45, 2.75) is 6.92 Å². The maximum Gasteiger partial charge on any atom is 0.344 e. The van der Waals surface area contributed by atoms with E-state index in [9.17, 15) is 9.59 Å². The van der Waals surface area contributed by atoms with E-state index < -0.39 is 5.97 Å². The van der Waals surface area contributed by atoms with Crippen molar-refractivity contribution in [2.75, 3.05) is 20.3 Å². The number of carbonyl (C=O) groups is 2. The summed E-state index contributed by atoms with van der Waals surface area (Å²) in [5.74, 6) is -0.111. The Labute approximate surface area is 152 Å². The van der Waals surface area contributed by atoms with Crippen LogP contribution in [0.25, 0.3) is 6.08 Å². The molecule has 0 atom stereocenters. The average molecular weight is 416 g/mol. The first kappa shape index (κ1) is 18.0. The number of halogens is 1. The van der Waals surface area contributed by atoms with Crippen molar-refractivity contribution in [1.29, 1.82) is 0 Å². The highest BCUT2D eigenvalue weighted by molar-refractivity contribution is 9.10. The lowest BCUT2D eigenvalue weighted by molar-refractivity contribution is -0.145. The Morgan fingerprint density at radius 2 is 2.22 bits per heavy atom. The molecule has 1 amide bonds. The topological polar surface area (TPSA) is 55.8 Å². The van der Waals surface area contributed by atoms with Crippen LogP contribution in [0.1, 0.15) is 12.5 Å². The molecule has 1 aliphatic heterocycles. The van der Waals surface area contributed by atoms with Gasteiger partial charge in [0, 0.05) is 17.1 Å². The largest absolute Gasteiger partial charge is 0.481 e. The maximum atomic E-state index is 12.1. The molecule has 1 fully saturated rings. The Balaban J connectivity index is 2.24. The molecule has 1 aromatic carbocycles. The minimum Gasteiger partial charge on any atom is -0.481 e. The van der Waals surface area contributed by atoms with E-state index in [-0.39, 0.29) is 12.5 Å². The third kappa shape index (κ3) is 4.55. The minimum absolute atomic E-state index is 0.156. The third-order valence-corrected chi connectivity index (χ3v) is 4.87. The first-order chi connectivity index (χ1) is 10.9. The zero-order valence-electron chi connectivity index (χ0n) is 12.5. The fourth-order valence-corrected chi connectivity index (χ4v) is 3.34. The Morgan fingerprint density at radius 1 is 1.48 bits per heavy atom. The molecule has 0 N–H and O–H groups in total. The summed E-state index contributed by atoms with van der Waals surface area (Å²) in [5.41, 5.74) is 0.678. The second-order valence-electron chi connectivity index (χ2n) is 4.52. The van der Waals surface area contributed by atoms with Crippen LogP contribution in [0.3, 0.4) is 0 Å². The summed E-state index contributed by atoms with van der Waals surface area (Å²) in [7, 11) is 1.64. The van der Waals surface area contributed by atoms with Crippen LogP contribution in [-0.2, 0) is 14.3 Å². The molecule has 0 radical (unpaired) electrons. The van der Waals surface area contributed by atoms with Crippen LogP contribution in [0.2, 0.25) is 0 Å². The van der Waals surface area contributed by atoms with Crippen molar-refractivity contribution < 1.29 is 19.1 Å². The summed E-state index contributed by atoms with van der Waals surface area (Å²) in [6.45, 7) is 1.84. The summed E-state index contributed by atoms with van der Waals surface area (Å²) in [6.07, 6.45) is 1.70. The number of carbonyl (C=O) groups excluding carboxylic acids is 2. The lowest BCUT2D eigenvalue weighted by atomic mass is 10.2. The number of hydrogen-bond donors (Lipinski definition) is 0. The van der Waals surface area contributed by atoms with Crippen molar-refractivity contribution >= 4 is 62.2 Å². The van der Waals surface area contributed by atoms with Gasteiger partial charge in [-0.3, -0.25) is 9.69 Å². The number of nitrogens with zero attached hydrogens (tertiary/aromatic N) is 1. The van der Waals surface area contributed by atoms with E-state index in [4.69, 9.17) is 21.7 Å². The Hall–Kier alpha value is -1.38. The Kier molecular flexibility index (Phi) is 6.20. The Bertz CT molecular complexity index is 690. The molecule has 2 rings (SSSR count). The van der Waals surface area contributed by atoms with Gasteiger partial charge < -0.3 is 9.47 Å². The van der Waals surface area contributed by atoms with Gasteiger partial charge in [0.05, 0.1) is 11.5 Å². The quantitative estimate of drug-likeness (QED) is 0.418. The number of thioether (sulfide) groups is 1. The first-order valence-corrected chi connectivity index (χ1v) is 8.73. The number of rotatable bonds is 5. The van der Waals surface area contributed by atoms with Gasteiger partial charge in [-0.15, -0.1) is 0 Å². The minimum atomic E-state index is -0.443. The highest BCUT2D eigenvalue weighted by Gasteiger charge is 2.29. The lowest BCUT2D eigenvalue weighted by Crippen LogP contribution is -2.22. The van der Waals surface area contributed by atoms with Crippen LogP contribution < -0.4 is 4.74 Å². The van der Waals surface area contributed by atoms with Crippen LogP contribution in [-0.4, -0.2) is 41.4 Å². The fraction of sp³-hybridized carbons (Fsp3) is 0.267. The summed E-state index contributed by atoms with van der Waals surface area (Å²) < 4.78 is 11.7. The van der Waals surface area contributed by atoms with E-state index in [0.717, 1.165) is 4.47 Å². The van der Waals surface area contributed by atoms with Crippen molar-refractivity contribution in [3.8, 4) is 5.75 Å². The van der Waals surface area contributed by atoms with E-state index in [1.165, 1.54) is 16.7 Å². The molecule has 5 nitrogen and oxygen atoms in total. The number of amides is 1. The maximum absolute atomic E-state index is 12.1. The molecule has 0 saturated carbocycles. The smallest absolute Gasteiger partial charge is 0.344 e. The van der Waals surface area contributed by atoms with Crippen molar-refractivity contribution in [1.82, 2.24) is 4.90 Å². The first-order valence-electron chi connectivity index (χ1n) is 6.72. The van der Waals surface area contributed by atoms with Gasteiger partial charge in [-0.2, -0.15) is 0 Å². The van der Waals surface area contributed by atoms with E-state index >= 15 is 0 Å². The molecule has 122 valence electrons. The molecule has 23 heavy (non-hydrogen) atoms. The Morgan fingerprint density at radius 3 is 2.83 bits per heavy atom.